The molecule has 0 saturated heterocycles. The maximum Gasteiger partial charge on any atom is -0.00822 e. The van der Waals surface area contributed by atoms with Gasteiger partial charge in [0, 0.05) is 0 Å². The van der Waals surface area contributed by atoms with Crippen LogP contribution in [0.1, 0.15) is 31.2 Å². The van der Waals surface area contributed by atoms with Gasteiger partial charge in [0.25, 0.3) is 0 Å². The SMILES string of the molecule is C1=CC(/C2=c3\cccc\c3=C(/c3ccc(-c4ccccc4)cc3)C/C=C\C=C/C2)=CC/C=C\C=C/C1. The molecule has 176 valence electrons. The average molecular weight is 465 g/mol. The normalized spacial score (nSPS) is 22.5. The van der Waals surface area contributed by atoms with E-state index in [1.165, 1.54) is 43.8 Å². The van der Waals surface area contributed by atoms with Gasteiger partial charge in [-0.15, -0.1) is 0 Å². The Balaban J connectivity index is 1.70. The van der Waals surface area contributed by atoms with Crippen LogP contribution in [0.3, 0.4) is 0 Å². The number of allylic oxidation sites excluding steroid dienone is 12. The van der Waals surface area contributed by atoms with Gasteiger partial charge in [0.2, 0.25) is 0 Å². The van der Waals surface area contributed by atoms with Crippen LogP contribution in [0, 0.1) is 0 Å². The highest BCUT2D eigenvalue weighted by molar-refractivity contribution is 5.74. The third kappa shape index (κ3) is 5.73. The second-order valence-corrected chi connectivity index (χ2v) is 9.10. The fourth-order valence-corrected chi connectivity index (χ4v) is 4.87. The number of hydrogen-bond donors (Lipinski definition) is 0. The quantitative estimate of drug-likeness (QED) is 0.368. The fraction of sp³-hybridized carbons (Fsp3) is 0.111. The molecule has 0 saturated carbocycles. The van der Waals surface area contributed by atoms with E-state index in [1.807, 2.05) is 0 Å². The van der Waals surface area contributed by atoms with Gasteiger partial charge in [-0.3, -0.25) is 0 Å². The highest BCUT2D eigenvalue weighted by atomic mass is 14.1. The van der Waals surface area contributed by atoms with E-state index in [4.69, 9.17) is 0 Å². The molecule has 3 aromatic carbocycles. The first-order valence-electron chi connectivity index (χ1n) is 12.9. The monoisotopic (exact) mass is 464 g/mol. The minimum absolute atomic E-state index is 0.891. The number of hydrogen-bond acceptors (Lipinski definition) is 0. The average Bonchev–Trinajstić information content (AvgIpc) is 2.94. The van der Waals surface area contributed by atoms with E-state index in [1.54, 1.807) is 0 Å². The molecule has 0 aromatic heterocycles. The van der Waals surface area contributed by atoms with Crippen molar-refractivity contribution in [2.24, 2.45) is 0 Å². The summed E-state index contributed by atoms with van der Waals surface area (Å²) in [4.78, 5) is 0. The van der Waals surface area contributed by atoms with Gasteiger partial charge in [-0.1, -0.05) is 146 Å². The third-order valence-electron chi connectivity index (χ3n) is 6.72. The van der Waals surface area contributed by atoms with Crippen molar-refractivity contribution in [3.63, 3.8) is 0 Å². The van der Waals surface area contributed by atoms with E-state index in [9.17, 15) is 0 Å². The highest BCUT2D eigenvalue weighted by Crippen LogP contribution is 2.24. The van der Waals surface area contributed by atoms with E-state index in [0.717, 1.165) is 25.7 Å². The van der Waals surface area contributed by atoms with Gasteiger partial charge in [0.05, 0.1) is 0 Å². The molecule has 5 rings (SSSR count). The Kier molecular flexibility index (Phi) is 7.86. The Bertz CT molecular complexity index is 1480. The first-order chi connectivity index (χ1) is 17.9. The number of rotatable bonds is 3. The van der Waals surface area contributed by atoms with Gasteiger partial charge in [-0.05, 0) is 69.5 Å². The standard InChI is InChI=1S/C36H32/c1-2-4-9-19-31(20-10-5-3-1)33-21-13-6-7-14-22-34(36-24-16-15-23-35(33)36)32-27-25-30(26-28-32)29-17-11-8-12-18-29/h1-4,6-8,10-20,23-28H,5,9,21-22H2/b3-1-,4-2-,13-6-,14-7-,20-10?,31-19?,35-33+,36-34+. The van der Waals surface area contributed by atoms with Crippen LogP contribution in [0.4, 0.5) is 0 Å². The van der Waals surface area contributed by atoms with Crippen LogP contribution < -0.4 is 10.4 Å². The zero-order valence-corrected chi connectivity index (χ0v) is 20.7. The molecule has 0 amide bonds. The Morgan fingerprint density at radius 3 is 1.72 bits per heavy atom. The van der Waals surface area contributed by atoms with Crippen LogP contribution in [0.25, 0.3) is 22.3 Å². The van der Waals surface area contributed by atoms with Crippen LogP contribution in [0.5, 0.6) is 0 Å². The molecule has 2 aliphatic carbocycles. The summed E-state index contributed by atoms with van der Waals surface area (Å²) < 4.78 is 0. The molecule has 0 unspecified atom stereocenters. The molecule has 0 radical (unpaired) electrons. The van der Waals surface area contributed by atoms with Crippen molar-refractivity contribution in [1.29, 1.82) is 0 Å². The Hall–Kier alpha value is -4.16. The Labute approximate surface area is 215 Å². The summed E-state index contributed by atoms with van der Waals surface area (Å²) in [6.45, 7) is 0. The molecule has 0 atom stereocenters. The van der Waals surface area contributed by atoms with E-state index < -0.39 is 0 Å². The summed E-state index contributed by atoms with van der Waals surface area (Å²) in [5.74, 6) is 0. The fourth-order valence-electron chi connectivity index (χ4n) is 4.87. The lowest BCUT2D eigenvalue weighted by molar-refractivity contribution is 1.26. The van der Waals surface area contributed by atoms with Crippen molar-refractivity contribution >= 4 is 11.1 Å². The van der Waals surface area contributed by atoms with Crippen molar-refractivity contribution < 1.29 is 0 Å². The van der Waals surface area contributed by atoms with Gasteiger partial charge in [0.15, 0.2) is 0 Å². The van der Waals surface area contributed by atoms with E-state index in [0.29, 0.717) is 0 Å². The van der Waals surface area contributed by atoms with Gasteiger partial charge >= 0.3 is 0 Å². The first-order valence-corrected chi connectivity index (χ1v) is 12.9. The zero-order valence-electron chi connectivity index (χ0n) is 20.7. The molecule has 2 aliphatic rings. The molecule has 36 heavy (non-hydrogen) atoms. The first kappa shape index (κ1) is 23.6. The molecule has 0 spiro atoms. The summed E-state index contributed by atoms with van der Waals surface area (Å²) in [6, 6.07) is 28.6. The summed E-state index contributed by atoms with van der Waals surface area (Å²) in [7, 11) is 0. The topological polar surface area (TPSA) is 0 Å². The van der Waals surface area contributed by atoms with Crippen molar-refractivity contribution in [2.75, 3.05) is 0 Å². The van der Waals surface area contributed by atoms with Crippen molar-refractivity contribution in [3.8, 4) is 11.1 Å². The lowest BCUT2D eigenvalue weighted by Crippen LogP contribution is -2.30. The second kappa shape index (κ2) is 12.0. The largest absolute Gasteiger partial charge is 0.0807 e. The second-order valence-electron chi connectivity index (χ2n) is 9.10. The molecular formula is C36H32. The van der Waals surface area contributed by atoms with E-state index in [2.05, 4.69) is 146 Å². The maximum absolute atomic E-state index is 2.36. The predicted octanol–water partition coefficient (Wildman–Crippen LogP) is 8.00. The summed E-state index contributed by atoms with van der Waals surface area (Å²) in [6.07, 6.45) is 28.3. The molecule has 0 nitrogen and oxygen atoms in total. The van der Waals surface area contributed by atoms with Gasteiger partial charge in [-0.25, -0.2) is 0 Å². The van der Waals surface area contributed by atoms with Crippen molar-refractivity contribution in [3.05, 3.63) is 167 Å². The molecule has 0 aliphatic heterocycles. The highest BCUT2D eigenvalue weighted by Gasteiger charge is 2.09. The van der Waals surface area contributed by atoms with Crippen molar-refractivity contribution in [1.82, 2.24) is 0 Å². The minimum Gasteiger partial charge on any atom is -0.0807 e. The van der Waals surface area contributed by atoms with E-state index in [-0.39, 0.29) is 0 Å². The molecule has 0 fully saturated rings. The smallest absolute Gasteiger partial charge is 0.00822 e. The van der Waals surface area contributed by atoms with E-state index >= 15 is 0 Å². The maximum atomic E-state index is 2.36. The Morgan fingerprint density at radius 2 is 0.972 bits per heavy atom. The number of fused-ring (bicyclic) bond motifs is 1. The molecule has 0 heterocycles. The van der Waals surface area contributed by atoms with Crippen LogP contribution in [0.2, 0.25) is 0 Å². The molecule has 0 heteroatoms. The number of benzene rings is 3. The molecule has 3 aromatic rings. The van der Waals surface area contributed by atoms with Crippen LogP contribution >= 0.6 is 0 Å². The lowest BCUT2D eigenvalue weighted by atomic mass is 9.92. The van der Waals surface area contributed by atoms with Gasteiger partial charge in [0.1, 0.15) is 0 Å². The summed E-state index contributed by atoms with van der Waals surface area (Å²) in [5.41, 5.74) is 7.83. The molecule has 0 N–H and O–H groups in total. The van der Waals surface area contributed by atoms with Crippen molar-refractivity contribution in [2.45, 2.75) is 25.7 Å². The zero-order chi connectivity index (χ0) is 24.4. The minimum atomic E-state index is 0.891. The Morgan fingerprint density at radius 1 is 0.417 bits per heavy atom. The van der Waals surface area contributed by atoms with Crippen LogP contribution in [-0.4, -0.2) is 0 Å². The van der Waals surface area contributed by atoms with Gasteiger partial charge in [-0.2, -0.15) is 0 Å². The summed E-state index contributed by atoms with van der Waals surface area (Å²) in [5, 5.41) is 2.65. The molecular weight excluding hydrogens is 432 g/mol. The van der Waals surface area contributed by atoms with Gasteiger partial charge < -0.3 is 0 Å². The lowest BCUT2D eigenvalue weighted by Gasteiger charge is -2.13. The van der Waals surface area contributed by atoms with Crippen LogP contribution in [-0.2, 0) is 0 Å². The summed E-state index contributed by atoms with van der Waals surface area (Å²) >= 11 is 0. The van der Waals surface area contributed by atoms with Crippen LogP contribution in [0.15, 0.2) is 151 Å². The molecule has 0 bridgehead atoms. The predicted molar refractivity (Wildman–Crippen MR) is 156 cm³/mol. The third-order valence-corrected chi connectivity index (χ3v) is 6.72.